The standard InChI is InChI=1S/C15H15N3O/c1-19-14-5-3-2-4-13(14)11-6-7-18-12(8-11)10-17-15(18)9-16/h2-8,10H,9,16H2,1H3. The first kappa shape index (κ1) is 11.7. The highest BCUT2D eigenvalue weighted by molar-refractivity contribution is 5.73. The fourth-order valence-corrected chi connectivity index (χ4v) is 2.26. The molecule has 96 valence electrons. The van der Waals surface area contributed by atoms with Gasteiger partial charge in [-0.3, -0.25) is 0 Å². The number of pyridine rings is 1. The van der Waals surface area contributed by atoms with Gasteiger partial charge in [-0.15, -0.1) is 0 Å². The Balaban J connectivity index is 2.15. The van der Waals surface area contributed by atoms with Crippen LogP contribution in [-0.2, 0) is 6.54 Å². The van der Waals surface area contributed by atoms with Crippen LogP contribution >= 0.6 is 0 Å². The molecule has 0 radical (unpaired) electrons. The van der Waals surface area contributed by atoms with Gasteiger partial charge in [0.1, 0.15) is 11.6 Å². The van der Waals surface area contributed by atoms with Crippen molar-refractivity contribution in [1.82, 2.24) is 9.38 Å². The summed E-state index contributed by atoms with van der Waals surface area (Å²) in [6.45, 7) is 0.433. The molecule has 0 aliphatic heterocycles. The molecule has 0 fully saturated rings. The number of rotatable bonds is 3. The van der Waals surface area contributed by atoms with E-state index in [1.165, 1.54) is 0 Å². The summed E-state index contributed by atoms with van der Waals surface area (Å²) in [6.07, 6.45) is 3.83. The van der Waals surface area contributed by atoms with Crippen LogP contribution in [0.1, 0.15) is 5.82 Å². The van der Waals surface area contributed by atoms with Crippen LogP contribution in [0, 0.1) is 0 Å². The molecule has 2 N–H and O–H groups in total. The Labute approximate surface area is 111 Å². The summed E-state index contributed by atoms with van der Waals surface area (Å²) in [4.78, 5) is 4.30. The predicted octanol–water partition coefficient (Wildman–Crippen LogP) is 2.47. The summed E-state index contributed by atoms with van der Waals surface area (Å²) in [7, 11) is 1.68. The smallest absolute Gasteiger partial charge is 0.127 e. The normalized spacial score (nSPS) is 10.8. The van der Waals surface area contributed by atoms with Crippen LogP contribution in [0.2, 0.25) is 0 Å². The monoisotopic (exact) mass is 253 g/mol. The molecule has 0 bridgehead atoms. The molecular formula is C15H15N3O. The number of nitrogens with two attached hydrogens (primary N) is 1. The van der Waals surface area contributed by atoms with E-state index in [1.807, 2.05) is 47.1 Å². The molecule has 0 aliphatic carbocycles. The second-order valence-electron chi connectivity index (χ2n) is 4.29. The zero-order chi connectivity index (χ0) is 13.2. The van der Waals surface area contributed by atoms with Crippen LogP contribution in [-0.4, -0.2) is 16.5 Å². The van der Waals surface area contributed by atoms with Gasteiger partial charge < -0.3 is 14.9 Å². The number of nitrogens with zero attached hydrogens (tertiary/aromatic N) is 2. The number of aromatic nitrogens is 2. The highest BCUT2D eigenvalue weighted by Crippen LogP contribution is 2.30. The Hall–Kier alpha value is -2.33. The minimum atomic E-state index is 0.433. The molecule has 0 spiro atoms. The van der Waals surface area contributed by atoms with Crippen molar-refractivity contribution in [1.29, 1.82) is 0 Å². The Kier molecular flexibility index (Phi) is 2.93. The number of hydrogen-bond donors (Lipinski definition) is 1. The molecule has 3 rings (SSSR count). The van der Waals surface area contributed by atoms with Gasteiger partial charge in [0.05, 0.1) is 25.4 Å². The molecule has 0 atom stereocenters. The van der Waals surface area contributed by atoms with E-state index in [9.17, 15) is 0 Å². The van der Waals surface area contributed by atoms with Gasteiger partial charge >= 0.3 is 0 Å². The lowest BCUT2D eigenvalue weighted by atomic mass is 10.1. The van der Waals surface area contributed by atoms with Crippen molar-refractivity contribution in [2.45, 2.75) is 6.54 Å². The first-order valence-electron chi connectivity index (χ1n) is 6.13. The lowest BCUT2D eigenvalue weighted by Crippen LogP contribution is -2.02. The Morgan fingerprint density at radius 3 is 2.89 bits per heavy atom. The van der Waals surface area contributed by atoms with E-state index in [2.05, 4.69) is 11.1 Å². The number of imidazole rings is 1. The van der Waals surface area contributed by atoms with E-state index in [-0.39, 0.29) is 0 Å². The minimum absolute atomic E-state index is 0.433. The lowest BCUT2D eigenvalue weighted by Gasteiger charge is -2.09. The molecular weight excluding hydrogens is 238 g/mol. The molecule has 19 heavy (non-hydrogen) atoms. The van der Waals surface area contributed by atoms with Crippen LogP contribution in [0.4, 0.5) is 0 Å². The highest BCUT2D eigenvalue weighted by Gasteiger charge is 2.07. The van der Waals surface area contributed by atoms with Crippen LogP contribution < -0.4 is 10.5 Å². The van der Waals surface area contributed by atoms with Gasteiger partial charge in [-0.2, -0.15) is 0 Å². The van der Waals surface area contributed by atoms with Gasteiger partial charge in [-0.25, -0.2) is 4.98 Å². The number of ether oxygens (including phenoxy) is 1. The Morgan fingerprint density at radius 2 is 2.11 bits per heavy atom. The minimum Gasteiger partial charge on any atom is -0.496 e. The third kappa shape index (κ3) is 1.96. The maximum Gasteiger partial charge on any atom is 0.127 e. The van der Waals surface area contributed by atoms with Crippen LogP contribution in [0.25, 0.3) is 16.6 Å². The van der Waals surface area contributed by atoms with Gasteiger partial charge in [0, 0.05) is 11.8 Å². The fraction of sp³-hybridized carbons (Fsp3) is 0.133. The molecule has 2 heterocycles. The van der Waals surface area contributed by atoms with Gasteiger partial charge in [-0.1, -0.05) is 18.2 Å². The maximum atomic E-state index is 5.65. The highest BCUT2D eigenvalue weighted by atomic mass is 16.5. The molecule has 0 saturated heterocycles. The van der Waals surface area contributed by atoms with Gasteiger partial charge in [0.25, 0.3) is 0 Å². The third-order valence-corrected chi connectivity index (χ3v) is 3.21. The van der Waals surface area contributed by atoms with Crippen molar-refractivity contribution < 1.29 is 4.74 Å². The molecule has 1 aromatic carbocycles. The molecule has 0 unspecified atom stereocenters. The summed E-state index contributed by atoms with van der Waals surface area (Å²) < 4.78 is 7.39. The van der Waals surface area contributed by atoms with E-state index in [0.29, 0.717) is 6.54 Å². The van der Waals surface area contributed by atoms with Crippen molar-refractivity contribution in [3.8, 4) is 16.9 Å². The van der Waals surface area contributed by atoms with Gasteiger partial charge in [0.2, 0.25) is 0 Å². The molecule has 0 aliphatic rings. The van der Waals surface area contributed by atoms with Crippen molar-refractivity contribution in [3.63, 3.8) is 0 Å². The average molecular weight is 253 g/mol. The molecule has 0 amide bonds. The molecule has 0 saturated carbocycles. The zero-order valence-corrected chi connectivity index (χ0v) is 10.7. The second kappa shape index (κ2) is 4.74. The fourth-order valence-electron chi connectivity index (χ4n) is 2.26. The van der Waals surface area contributed by atoms with E-state index >= 15 is 0 Å². The Morgan fingerprint density at radius 1 is 1.26 bits per heavy atom. The maximum absolute atomic E-state index is 5.65. The number of para-hydroxylation sites is 1. The average Bonchev–Trinajstić information content (AvgIpc) is 2.89. The third-order valence-electron chi connectivity index (χ3n) is 3.21. The number of fused-ring (bicyclic) bond motifs is 1. The number of hydrogen-bond acceptors (Lipinski definition) is 3. The van der Waals surface area contributed by atoms with E-state index in [1.54, 1.807) is 7.11 Å². The quantitative estimate of drug-likeness (QED) is 0.780. The lowest BCUT2D eigenvalue weighted by molar-refractivity contribution is 0.416. The predicted molar refractivity (Wildman–Crippen MR) is 75.1 cm³/mol. The van der Waals surface area contributed by atoms with Crippen molar-refractivity contribution in [2.75, 3.05) is 7.11 Å². The summed E-state index contributed by atoms with van der Waals surface area (Å²) in [5, 5.41) is 0. The summed E-state index contributed by atoms with van der Waals surface area (Å²) in [6, 6.07) is 12.1. The van der Waals surface area contributed by atoms with Crippen molar-refractivity contribution >= 4 is 5.52 Å². The second-order valence-corrected chi connectivity index (χ2v) is 4.29. The SMILES string of the molecule is COc1ccccc1-c1ccn2c(CN)ncc2c1. The van der Waals surface area contributed by atoms with Crippen LogP contribution in [0.3, 0.4) is 0 Å². The van der Waals surface area contributed by atoms with Crippen molar-refractivity contribution in [3.05, 3.63) is 54.6 Å². The van der Waals surface area contributed by atoms with Crippen LogP contribution in [0.5, 0.6) is 5.75 Å². The van der Waals surface area contributed by atoms with Crippen LogP contribution in [0.15, 0.2) is 48.8 Å². The number of benzene rings is 1. The van der Waals surface area contributed by atoms with E-state index in [4.69, 9.17) is 10.5 Å². The zero-order valence-electron chi connectivity index (χ0n) is 10.7. The summed E-state index contributed by atoms with van der Waals surface area (Å²) in [5.74, 6) is 1.73. The largest absolute Gasteiger partial charge is 0.496 e. The number of methoxy groups -OCH3 is 1. The Bertz CT molecular complexity index is 718. The van der Waals surface area contributed by atoms with Crippen molar-refractivity contribution in [2.24, 2.45) is 5.73 Å². The van der Waals surface area contributed by atoms with Gasteiger partial charge in [0.15, 0.2) is 0 Å². The summed E-state index contributed by atoms with van der Waals surface area (Å²) in [5.41, 5.74) is 8.86. The van der Waals surface area contributed by atoms with E-state index < -0.39 is 0 Å². The molecule has 3 aromatic rings. The van der Waals surface area contributed by atoms with Gasteiger partial charge in [-0.05, 0) is 23.8 Å². The summed E-state index contributed by atoms with van der Waals surface area (Å²) >= 11 is 0. The first-order valence-corrected chi connectivity index (χ1v) is 6.13. The van der Waals surface area contributed by atoms with E-state index in [0.717, 1.165) is 28.2 Å². The molecule has 4 heteroatoms. The molecule has 2 aromatic heterocycles. The topological polar surface area (TPSA) is 52.5 Å². The molecule has 4 nitrogen and oxygen atoms in total. The first-order chi connectivity index (χ1) is 9.33.